The minimum absolute atomic E-state index is 0.561. The molecule has 0 aromatic carbocycles. The summed E-state index contributed by atoms with van der Waals surface area (Å²) < 4.78 is 27.1. The fraction of sp³-hybridized carbons (Fsp3) is 1.00. The van der Waals surface area contributed by atoms with Crippen LogP contribution in [0.2, 0.25) is 6.04 Å². The standard InChI is InChI=1S/C9H23O5PS2Si/c1-6-13-15(16,14-7-2)17-8-9-18(10-3,11-4)12-5/h6-9H2,1-5H3. The van der Waals surface area contributed by atoms with E-state index in [9.17, 15) is 0 Å². The van der Waals surface area contributed by atoms with Crippen molar-refractivity contribution in [1.29, 1.82) is 0 Å². The van der Waals surface area contributed by atoms with Crippen molar-refractivity contribution >= 4 is 37.7 Å². The van der Waals surface area contributed by atoms with Gasteiger partial charge in [-0.25, -0.2) is 0 Å². The minimum atomic E-state index is -2.52. The third-order valence-corrected chi connectivity index (χ3v) is 10.8. The second-order valence-electron chi connectivity index (χ2n) is 3.16. The maximum atomic E-state index is 5.55. The normalized spacial score (nSPS) is 12.9. The van der Waals surface area contributed by atoms with Gasteiger partial charge in [-0.05, 0) is 25.7 Å². The molecular weight excluding hydrogens is 311 g/mol. The average Bonchev–Trinajstić information content (AvgIpc) is 2.36. The van der Waals surface area contributed by atoms with Gasteiger partial charge in [-0.2, -0.15) is 0 Å². The molecule has 0 aromatic heterocycles. The van der Waals surface area contributed by atoms with E-state index in [0.717, 1.165) is 5.75 Å². The van der Waals surface area contributed by atoms with E-state index >= 15 is 0 Å². The smallest absolute Gasteiger partial charge is 0.377 e. The Morgan fingerprint density at radius 2 is 1.44 bits per heavy atom. The topological polar surface area (TPSA) is 46.2 Å². The van der Waals surface area contributed by atoms with Crippen molar-refractivity contribution in [2.24, 2.45) is 0 Å². The highest BCUT2D eigenvalue weighted by Crippen LogP contribution is 2.61. The molecule has 0 aliphatic carbocycles. The highest BCUT2D eigenvalue weighted by Gasteiger charge is 2.38. The van der Waals surface area contributed by atoms with Crippen LogP contribution in [-0.4, -0.2) is 49.1 Å². The Morgan fingerprint density at radius 1 is 1.00 bits per heavy atom. The summed E-state index contributed by atoms with van der Waals surface area (Å²) in [6.07, 6.45) is 0. The van der Waals surface area contributed by atoms with Crippen LogP contribution in [0.4, 0.5) is 0 Å². The molecule has 0 heterocycles. The maximum Gasteiger partial charge on any atom is 0.501 e. The van der Waals surface area contributed by atoms with Crippen LogP contribution in [0.3, 0.4) is 0 Å². The Hall–Kier alpha value is 1.02. The molecule has 0 saturated carbocycles. The van der Waals surface area contributed by atoms with E-state index in [4.69, 9.17) is 34.1 Å². The quantitative estimate of drug-likeness (QED) is 0.425. The first-order valence-electron chi connectivity index (χ1n) is 5.70. The van der Waals surface area contributed by atoms with E-state index in [1.165, 1.54) is 11.4 Å². The molecule has 0 bridgehead atoms. The molecule has 0 N–H and O–H groups in total. The van der Waals surface area contributed by atoms with Crippen molar-refractivity contribution in [2.45, 2.75) is 19.9 Å². The third-order valence-electron chi connectivity index (χ3n) is 2.17. The maximum absolute atomic E-state index is 5.55. The Balaban J connectivity index is 4.32. The zero-order valence-electron chi connectivity index (χ0n) is 11.6. The van der Waals surface area contributed by atoms with Gasteiger partial charge in [-0.15, -0.1) is 0 Å². The lowest BCUT2D eigenvalue weighted by Gasteiger charge is -2.25. The van der Waals surface area contributed by atoms with Crippen molar-refractivity contribution in [3.8, 4) is 0 Å². The molecule has 0 saturated heterocycles. The first kappa shape index (κ1) is 19.0. The Kier molecular flexibility index (Phi) is 10.4. The van der Waals surface area contributed by atoms with Gasteiger partial charge in [0.05, 0.1) is 13.2 Å². The second kappa shape index (κ2) is 9.85. The van der Waals surface area contributed by atoms with Gasteiger partial charge in [0.2, 0.25) is 5.69 Å². The average molecular weight is 334 g/mol. The first-order chi connectivity index (χ1) is 8.51. The van der Waals surface area contributed by atoms with E-state index in [1.807, 2.05) is 13.8 Å². The molecule has 0 aromatic rings. The third kappa shape index (κ3) is 6.45. The van der Waals surface area contributed by atoms with Gasteiger partial charge >= 0.3 is 8.80 Å². The fourth-order valence-corrected chi connectivity index (χ4v) is 8.70. The Labute approximate surface area is 120 Å². The zero-order chi connectivity index (χ0) is 14.1. The molecule has 0 spiro atoms. The van der Waals surface area contributed by atoms with Crippen LogP contribution in [-0.2, 0) is 34.1 Å². The first-order valence-corrected chi connectivity index (χ1v) is 11.9. The van der Waals surface area contributed by atoms with Gasteiger partial charge in [0.25, 0.3) is 0 Å². The Morgan fingerprint density at radius 3 is 1.78 bits per heavy atom. The van der Waals surface area contributed by atoms with Crippen LogP contribution >= 0.6 is 17.1 Å². The van der Waals surface area contributed by atoms with E-state index in [2.05, 4.69) is 0 Å². The molecule has 0 fully saturated rings. The van der Waals surface area contributed by atoms with Crippen LogP contribution < -0.4 is 0 Å². The molecule has 0 aliphatic rings. The van der Waals surface area contributed by atoms with E-state index in [0.29, 0.717) is 19.3 Å². The Bertz CT molecular complexity index is 247. The summed E-state index contributed by atoms with van der Waals surface area (Å²) in [7, 11) is 2.28. The highest BCUT2D eigenvalue weighted by atomic mass is 32.9. The molecule has 9 heteroatoms. The van der Waals surface area contributed by atoms with Gasteiger partial charge < -0.3 is 22.3 Å². The summed E-state index contributed by atoms with van der Waals surface area (Å²) in [4.78, 5) is 0. The summed E-state index contributed by atoms with van der Waals surface area (Å²) in [6, 6.07) is 0.680. The molecule has 0 aliphatic heterocycles. The summed E-state index contributed by atoms with van der Waals surface area (Å²) >= 11 is 6.94. The highest BCUT2D eigenvalue weighted by molar-refractivity contribution is 8.67. The lowest BCUT2D eigenvalue weighted by Crippen LogP contribution is -2.43. The molecule has 0 radical (unpaired) electrons. The molecule has 18 heavy (non-hydrogen) atoms. The van der Waals surface area contributed by atoms with Crippen molar-refractivity contribution in [2.75, 3.05) is 40.3 Å². The summed E-state index contributed by atoms with van der Waals surface area (Å²) in [5.41, 5.74) is -2.23. The summed E-state index contributed by atoms with van der Waals surface area (Å²) in [5, 5.41) is 0. The number of hydrogen-bond acceptors (Lipinski definition) is 7. The van der Waals surface area contributed by atoms with Crippen LogP contribution in [0, 0.1) is 0 Å². The van der Waals surface area contributed by atoms with Gasteiger partial charge in [0.15, 0.2) is 0 Å². The SMILES string of the molecule is CCOP(=S)(OCC)SCC[Si](OC)(OC)OC. The molecular formula is C9H23O5PS2Si. The van der Waals surface area contributed by atoms with Gasteiger partial charge in [0.1, 0.15) is 0 Å². The fourth-order valence-electron chi connectivity index (χ4n) is 1.27. The van der Waals surface area contributed by atoms with Gasteiger partial charge in [-0.3, -0.25) is 0 Å². The van der Waals surface area contributed by atoms with E-state index in [1.54, 1.807) is 21.3 Å². The predicted molar refractivity (Wildman–Crippen MR) is 81.6 cm³/mol. The van der Waals surface area contributed by atoms with Crippen LogP contribution in [0.25, 0.3) is 0 Å². The van der Waals surface area contributed by atoms with Crippen molar-refractivity contribution < 1.29 is 22.3 Å². The van der Waals surface area contributed by atoms with Crippen molar-refractivity contribution in [3.63, 3.8) is 0 Å². The predicted octanol–water partition coefficient (Wildman–Crippen LogP) is 2.90. The van der Waals surface area contributed by atoms with Crippen molar-refractivity contribution in [3.05, 3.63) is 0 Å². The molecule has 5 nitrogen and oxygen atoms in total. The number of hydrogen-bond donors (Lipinski definition) is 0. The van der Waals surface area contributed by atoms with Gasteiger partial charge in [0, 0.05) is 33.1 Å². The lowest BCUT2D eigenvalue weighted by atomic mass is 10.9. The van der Waals surface area contributed by atoms with Gasteiger partial charge in [-0.1, -0.05) is 11.4 Å². The van der Waals surface area contributed by atoms with Crippen LogP contribution in [0.5, 0.6) is 0 Å². The monoisotopic (exact) mass is 334 g/mol. The van der Waals surface area contributed by atoms with Crippen molar-refractivity contribution in [1.82, 2.24) is 0 Å². The van der Waals surface area contributed by atoms with Crippen LogP contribution in [0.1, 0.15) is 13.8 Å². The molecule has 0 rings (SSSR count). The minimum Gasteiger partial charge on any atom is -0.377 e. The second-order valence-corrected chi connectivity index (χ2v) is 12.7. The lowest BCUT2D eigenvalue weighted by molar-refractivity contribution is 0.125. The van der Waals surface area contributed by atoms with E-state index < -0.39 is 14.5 Å². The molecule has 0 amide bonds. The summed E-state index contributed by atoms with van der Waals surface area (Å²) in [5.74, 6) is 0.735. The molecule has 0 unspecified atom stereocenters. The molecule has 0 atom stereocenters. The van der Waals surface area contributed by atoms with E-state index in [-0.39, 0.29) is 0 Å². The largest absolute Gasteiger partial charge is 0.501 e. The number of rotatable bonds is 11. The van der Waals surface area contributed by atoms with Crippen LogP contribution in [0.15, 0.2) is 0 Å². The summed E-state index contributed by atoms with van der Waals surface area (Å²) in [6.45, 7) is 4.95. The molecule has 110 valence electrons. The zero-order valence-corrected chi connectivity index (χ0v) is 15.2.